The molecule has 0 spiro atoms. The molecule has 29 heavy (non-hydrogen) atoms. The molecule has 146 valence electrons. The normalized spacial score (nSPS) is 11.6. The molecule has 0 unspecified atom stereocenters. The summed E-state index contributed by atoms with van der Waals surface area (Å²) in [6.07, 6.45) is -2.22. The number of pyridine rings is 1. The Morgan fingerprint density at radius 2 is 1.86 bits per heavy atom. The van der Waals surface area contributed by atoms with Crippen LogP contribution in [0.25, 0.3) is 16.9 Å². The van der Waals surface area contributed by atoms with Gasteiger partial charge in [0.15, 0.2) is 16.5 Å². The molecule has 10 heteroatoms. The Morgan fingerprint density at radius 3 is 2.55 bits per heavy atom. The van der Waals surface area contributed by atoms with Crippen LogP contribution in [0.15, 0.2) is 60.9 Å². The summed E-state index contributed by atoms with van der Waals surface area (Å²) in [5.74, 6) is -0.708. The molecule has 1 N–H and O–H groups in total. The zero-order valence-corrected chi connectivity index (χ0v) is 15.2. The maximum Gasteiger partial charge on any atom is 0.433 e. The predicted octanol–water partition coefficient (Wildman–Crippen LogP) is 4.72. The van der Waals surface area contributed by atoms with Crippen LogP contribution in [0.4, 0.5) is 18.9 Å². The van der Waals surface area contributed by atoms with Crippen molar-refractivity contribution in [3.8, 4) is 11.3 Å². The van der Waals surface area contributed by atoms with Gasteiger partial charge in [-0.15, -0.1) is 0 Å². The summed E-state index contributed by atoms with van der Waals surface area (Å²) in [6.45, 7) is 0. The fraction of sp³-hybridized carbons (Fsp3) is 0.0526. The summed E-state index contributed by atoms with van der Waals surface area (Å²) >= 11 is 5.93. The molecule has 1 aromatic carbocycles. The Bertz CT molecular complexity index is 1210. The molecule has 0 atom stereocenters. The van der Waals surface area contributed by atoms with Crippen LogP contribution < -0.4 is 5.32 Å². The van der Waals surface area contributed by atoms with Crippen LogP contribution >= 0.6 is 11.6 Å². The third-order valence-corrected chi connectivity index (χ3v) is 4.38. The van der Waals surface area contributed by atoms with Crippen molar-refractivity contribution < 1.29 is 18.0 Å². The number of alkyl halides is 3. The monoisotopic (exact) mass is 417 g/mol. The minimum absolute atomic E-state index is 0.0474. The highest BCUT2D eigenvalue weighted by Gasteiger charge is 2.36. The van der Waals surface area contributed by atoms with Crippen molar-refractivity contribution in [1.82, 2.24) is 19.6 Å². The maximum absolute atomic E-state index is 13.6. The molecule has 3 heterocycles. The highest BCUT2D eigenvalue weighted by Crippen LogP contribution is 2.33. The van der Waals surface area contributed by atoms with Crippen LogP contribution in [-0.2, 0) is 6.18 Å². The van der Waals surface area contributed by atoms with Gasteiger partial charge in [0.05, 0.1) is 17.6 Å². The van der Waals surface area contributed by atoms with Crippen LogP contribution in [0, 0.1) is 0 Å². The zero-order valence-electron chi connectivity index (χ0n) is 14.5. The summed E-state index contributed by atoms with van der Waals surface area (Å²) in [6, 6.07) is 12.3. The minimum Gasteiger partial charge on any atom is -0.319 e. The maximum atomic E-state index is 13.6. The van der Waals surface area contributed by atoms with Crippen molar-refractivity contribution in [3.63, 3.8) is 0 Å². The standard InChI is InChI=1S/C19H11ClF3N5O/c20-16-13(7-4-8-24-16)27-18(29)12-10-25-28-15(19(21,22)23)9-14(26-17(12)28)11-5-2-1-3-6-11/h1-10H,(H,27,29). The number of hydrogen-bond donors (Lipinski definition) is 1. The Morgan fingerprint density at radius 1 is 1.10 bits per heavy atom. The lowest BCUT2D eigenvalue weighted by molar-refractivity contribution is -0.142. The van der Waals surface area contributed by atoms with Gasteiger partial charge in [-0.1, -0.05) is 41.9 Å². The van der Waals surface area contributed by atoms with Crippen LogP contribution in [-0.4, -0.2) is 25.5 Å². The second kappa shape index (κ2) is 7.17. The van der Waals surface area contributed by atoms with Gasteiger partial charge in [-0.05, 0) is 18.2 Å². The lowest BCUT2D eigenvalue weighted by Gasteiger charge is -2.11. The van der Waals surface area contributed by atoms with Gasteiger partial charge in [0.25, 0.3) is 5.91 Å². The number of benzene rings is 1. The fourth-order valence-corrected chi connectivity index (χ4v) is 2.92. The van der Waals surface area contributed by atoms with E-state index in [1.165, 1.54) is 12.3 Å². The molecule has 0 saturated heterocycles. The Balaban J connectivity index is 1.86. The molecule has 0 bridgehead atoms. The predicted molar refractivity (Wildman–Crippen MR) is 101 cm³/mol. The highest BCUT2D eigenvalue weighted by molar-refractivity contribution is 6.32. The average Bonchev–Trinajstić information content (AvgIpc) is 3.13. The smallest absolute Gasteiger partial charge is 0.319 e. The number of anilines is 1. The molecule has 0 fully saturated rings. The number of nitrogens with zero attached hydrogens (tertiary/aromatic N) is 4. The van der Waals surface area contributed by atoms with E-state index in [-0.39, 0.29) is 27.7 Å². The first-order valence-corrected chi connectivity index (χ1v) is 8.65. The van der Waals surface area contributed by atoms with Crippen molar-refractivity contribution in [3.05, 3.63) is 77.3 Å². The first-order valence-electron chi connectivity index (χ1n) is 8.28. The van der Waals surface area contributed by atoms with Gasteiger partial charge in [-0.2, -0.15) is 18.3 Å². The Hall–Kier alpha value is -3.46. The quantitative estimate of drug-likeness (QED) is 0.490. The van der Waals surface area contributed by atoms with Gasteiger partial charge in [0, 0.05) is 11.8 Å². The number of amides is 1. The first kappa shape index (κ1) is 18.9. The molecular formula is C19H11ClF3N5O. The Labute approximate surface area is 167 Å². The van der Waals surface area contributed by atoms with E-state index in [2.05, 4.69) is 20.4 Å². The van der Waals surface area contributed by atoms with Crippen molar-refractivity contribution in [2.24, 2.45) is 0 Å². The summed E-state index contributed by atoms with van der Waals surface area (Å²) in [4.78, 5) is 20.8. The Kier molecular flexibility index (Phi) is 4.67. The fourth-order valence-electron chi connectivity index (χ4n) is 2.75. The molecule has 3 aromatic heterocycles. The topological polar surface area (TPSA) is 72.2 Å². The van der Waals surface area contributed by atoms with Crippen LogP contribution in [0.5, 0.6) is 0 Å². The van der Waals surface area contributed by atoms with Crippen LogP contribution in [0.3, 0.4) is 0 Å². The molecule has 4 aromatic rings. The van der Waals surface area contributed by atoms with Crippen molar-refractivity contribution in [2.75, 3.05) is 5.32 Å². The third kappa shape index (κ3) is 3.64. The van der Waals surface area contributed by atoms with E-state index < -0.39 is 17.8 Å². The van der Waals surface area contributed by atoms with Gasteiger partial charge >= 0.3 is 6.18 Å². The summed E-state index contributed by atoms with van der Waals surface area (Å²) in [5.41, 5.74) is -0.638. The van der Waals surface area contributed by atoms with E-state index >= 15 is 0 Å². The van der Waals surface area contributed by atoms with E-state index in [0.717, 1.165) is 12.3 Å². The average molecular weight is 418 g/mol. The number of carbonyl (C=O) groups is 1. The number of hydrogen-bond acceptors (Lipinski definition) is 4. The molecule has 0 aliphatic heterocycles. The largest absolute Gasteiger partial charge is 0.433 e. The second-order valence-corrected chi connectivity index (χ2v) is 6.34. The number of carbonyl (C=O) groups excluding carboxylic acids is 1. The summed E-state index contributed by atoms with van der Waals surface area (Å²) in [7, 11) is 0. The lowest BCUT2D eigenvalue weighted by atomic mass is 10.1. The van der Waals surface area contributed by atoms with Crippen LogP contribution in [0.2, 0.25) is 5.15 Å². The molecule has 0 radical (unpaired) electrons. The van der Waals surface area contributed by atoms with Gasteiger partial charge < -0.3 is 5.32 Å². The van der Waals surface area contributed by atoms with E-state index in [4.69, 9.17) is 11.6 Å². The van der Waals surface area contributed by atoms with E-state index in [9.17, 15) is 18.0 Å². The van der Waals surface area contributed by atoms with Gasteiger partial charge in [-0.25, -0.2) is 14.5 Å². The number of aromatic nitrogens is 4. The van der Waals surface area contributed by atoms with Crippen molar-refractivity contribution in [2.45, 2.75) is 6.18 Å². The van der Waals surface area contributed by atoms with Crippen molar-refractivity contribution >= 4 is 28.8 Å². The highest BCUT2D eigenvalue weighted by atomic mass is 35.5. The number of fused-ring (bicyclic) bond motifs is 1. The number of halogens is 4. The van der Waals surface area contributed by atoms with Gasteiger partial charge in [0.1, 0.15) is 5.56 Å². The second-order valence-electron chi connectivity index (χ2n) is 5.98. The third-order valence-electron chi connectivity index (χ3n) is 4.08. The SMILES string of the molecule is O=C(Nc1cccnc1Cl)c1cnn2c(C(F)(F)F)cc(-c3ccccc3)nc12. The van der Waals surface area contributed by atoms with Crippen molar-refractivity contribution in [1.29, 1.82) is 0 Å². The molecule has 1 amide bonds. The molecule has 0 aliphatic rings. The van der Waals surface area contributed by atoms with Gasteiger partial charge in [0.2, 0.25) is 0 Å². The molecular weight excluding hydrogens is 407 g/mol. The summed E-state index contributed by atoms with van der Waals surface area (Å²) < 4.78 is 41.4. The first-order chi connectivity index (χ1) is 13.8. The van der Waals surface area contributed by atoms with Crippen LogP contribution in [0.1, 0.15) is 16.1 Å². The van der Waals surface area contributed by atoms with E-state index in [1.807, 2.05) is 0 Å². The zero-order chi connectivity index (χ0) is 20.6. The minimum atomic E-state index is -4.70. The molecule has 6 nitrogen and oxygen atoms in total. The van der Waals surface area contributed by atoms with E-state index in [0.29, 0.717) is 10.1 Å². The molecule has 0 aliphatic carbocycles. The van der Waals surface area contributed by atoms with Gasteiger partial charge in [-0.3, -0.25) is 4.79 Å². The summed E-state index contributed by atoms with van der Waals surface area (Å²) in [5, 5.41) is 6.29. The molecule has 0 saturated carbocycles. The van der Waals surface area contributed by atoms with E-state index in [1.54, 1.807) is 36.4 Å². The number of nitrogens with one attached hydrogen (secondary N) is 1. The molecule has 4 rings (SSSR count). The number of rotatable bonds is 3. The lowest BCUT2D eigenvalue weighted by Crippen LogP contribution is -2.16.